The van der Waals surface area contributed by atoms with E-state index in [0.717, 1.165) is 37.7 Å². The second-order valence-electron chi connectivity index (χ2n) is 5.81. The highest BCUT2D eigenvalue weighted by Crippen LogP contribution is 2.45. The van der Waals surface area contributed by atoms with Gasteiger partial charge in [0.25, 0.3) is 0 Å². The van der Waals surface area contributed by atoms with Crippen molar-refractivity contribution in [2.75, 3.05) is 6.54 Å². The van der Waals surface area contributed by atoms with Gasteiger partial charge in [0.2, 0.25) is 0 Å². The first-order valence-electron chi connectivity index (χ1n) is 7.41. The lowest BCUT2D eigenvalue weighted by Crippen LogP contribution is -2.52. The van der Waals surface area contributed by atoms with Gasteiger partial charge in [-0.05, 0) is 31.4 Å². The zero-order chi connectivity index (χ0) is 15.5. The zero-order valence-corrected chi connectivity index (χ0v) is 13.0. The summed E-state index contributed by atoms with van der Waals surface area (Å²) in [5, 5.41) is 20.0. The summed E-state index contributed by atoms with van der Waals surface area (Å²) in [6.45, 7) is 1.71. The molecule has 1 aromatic rings. The molecule has 1 atom stereocenters. The molecule has 0 spiro atoms. The largest absolute Gasteiger partial charge is 0.465 e. The van der Waals surface area contributed by atoms with Gasteiger partial charge in [0, 0.05) is 5.02 Å². The second-order valence-corrected chi connectivity index (χ2v) is 6.22. The van der Waals surface area contributed by atoms with Crippen molar-refractivity contribution in [1.82, 2.24) is 4.90 Å². The van der Waals surface area contributed by atoms with Crippen LogP contribution in [0.2, 0.25) is 5.02 Å². The third-order valence-corrected chi connectivity index (χ3v) is 4.58. The molecule has 0 aromatic heterocycles. The third kappa shape index (κ3) is 3.33. The average Bonchev–Trinajstić information content (AvgIpc) is 2.45. The van der Waals surface area contributed by atoms with Crippen molar-refractivity contribution in [2.45, 2.75) is 50.7 Å². The summed E-state index contributed by atoms with van der Waals surface area (Å²) < 4.78 is 0. The molecule has 5 heteroatoms. The molecule has 116 valence electrons. The lowest BCUT2D eigenvalue weighted by molar-refractivity contribution is 0.0184. The quantitative estimate of drug-likeness (QED) is 0.887. The number of benzene rings is 1. The van der Waals surface area contributed by atoms with Crippen molar-refractivity contribution < 1.29 is 15.0 Å². The highest BCUT2D eigenvalue weighted by molar-refractivity contribution is 6.31. The molecule has 1 saturated carbocycles. The summed E-state index contributed by atoms with van der Waals surface area (Å²) in [5.41, 5.74) is 0.230. The molecule has 0 heterocycles. The van der Waals surface area contributed by atoms with Crippen molar-refractivity contribution in [3.8, 4) is 0 Å². The number of aliphatic hydroxyl groups is 1. The number of rotatable bonds is 4. The fourth-order valence-electron chi connectivity index (χ4n) is 3.36. The molecule has 21 heavy (non-hydrogen) atoms. The van der Waals surface area contributed by atoms with E-state index in [1.54, 1.807) is 13.0 Å². The number of amides is 1. The third-order valence-electron chi connectivity index (χ3n) is 4.25. The minimum absolute atomic E-state index is 0.0978. The molecule has 1 amide bonds. The fraction of sp³-hybridized carbons (Fsp3) is 0.562. The maximum Gasteiger partial charge on any atom is 0.408 e. The molecule has 1 fully saturated rings. The molecule has 0 aliphatic heterocycles. The molecular formula is C16H22ClNO3. The first-order valence-corrected chi connectivity index (χ1v) is 7.79. The lowest BCUT2D eigenvalue weighted by atomic mass is 9.75. The van der Waals surface area contributed by atoms with Gasteiger partial charge in [-0.3, -0.25) is 4.90 Å². The fourth-order valence-corrected chi connectivity index (χ4v) is 3.67. The number of halogens is 1. The van der Waals surface area contributed by atoms with Crippen molar-refractivity contribution in [3.05, 3.63) is 34.9 Å². The molecule has 1 aliphatic rings. The molecule has 1 aliphatic carbocycles. The van der Waals surface area contributed by atoms with Crippen molar-refractivity contribution >= 4 is 17.7 Å². The van der Waals surface area contributed by atoms with Crippen LogP contribution >= 0.6 is 11.6 Å². The molecule has 4 nitrogen and oxygen atoms in total. The first-order chi connectivity index (χ1) is 9.97. The summed E-state index contributed by atoms with van der Waals surface area (Å²) in [4.78, 5) is 13.2. The number of aliphatic hydroxyl groups excluding tert-OH is 1. The summed E-state index contributed by atoms with van der Waals surface area (Å²) in [5.74, 6) is 0. The van der Waals surface area contributed by atoms with Crippen LogP contribution in [-0.4, -0.2) is 33.9 Å². The summed E-state index contributed by atoms with van der Waals surface area (Å²) in [6.07, 6.45) is 2.82. The van der Waals surface area contributed by atoms with Crippen LogP contribution in [0, 0.1) is 0 Å². The van der Waals surface area contributed by atoms with Crippen LogP contribution in [0.3, 0.4) is 0 Å². The Hall–Kier alpha value is -1.26. The minimum atomic E-state index is -1.00. The standard InChI is InChI=1S/C16H22ClNO3/c1-12(19)11-18(15(20)21)16(9-5-2-6-10-16)13-7-3-4-8-14(13)17/h3-4,7-8,12,19H,2,5-6,9-11H2,1H3,(H,20,21)/t12-/m1/s1. The molecular weight excluding hydrogens is 290 g/mol. The summed E-state index contributed by atoms with van der Waals surface area (Å²) in [7, 11) is 0. The van der Waals surface area contributed by atoms with Gasteiger partial charge >= 0.3 is 6.09 Å². The van der Waals surface area contributed by atoms with E-state index in [9.17, 15) is 15.0 Å². The maximum absolute atomic E-state index is 11.8. The SMILES string of the molecule is C[C@@H](O)CN(C(=O)O)C1(c2ccccc2Cl)CCCCC1. The van der Waals surface area contributed by atoms with E-state index in [1.807, 2.05) is 18.2 Å². The first kappa shape index (κ1) is 16.1. The smallest absolute Gasteiger partial charge is 0.408 e. The normalized spacial score (nSPS) is 19.0. The van der Waals surface area contributed by atoms with E-state index >= 15 is 0 Å². The summed E-state index contributed by atoms with van der Waals surface area (Å²) >= 11 is 6.35. The van der Waals surface area contributed by atoms with E-state index < -0.39 is 17.7 Å². The van der Waals surface area contributed by atoms with Crippen LogP contribution in [0.5, 0.6) is 0 Å². The van der Waals surface area contributed by atoms with E-state index in [4.69, 9.17) is 11.6 Å². The zero-order valence-electron chi connectivity index (χ0n) is 12.3. The van der Waals surface area contributed by atoms with Crippen molar-refractivity contribution in [2.24, 2.45) is 0 Å². The number of carbonyl (C=O) groups is 1. The highest BCUT2D eigenvalue weighted by atomic mass is 35.5. The Morgan fingerprint density at radius 1 is 1.33 bits per heavy atom. The lowest BCUT2D eigenvalue weighted by Gasteiger charge is -2.46. The van der Waals surface area contributed by atoms with Crippen LogP contribution in [0.15, 0.2) is 24.3 Å². The monoisotopic (exact) mass is 311 g/mol. The topological polar surface area (TPSA) is 60.8 Å². The number of nitrogens with zero attached hydrogens (tertiary/aromatic N) is 1. The highest BCUT2D eigenvalue weighted by Gasteiger charge is 2.43. The summed E-state index contributed by atoms with van der Waals surface area (Å²) in [6, 6.07) is 7.45. The number of hydrogen-bond donors (Lipinski definition) is 2. The van der Waals surface area contributed by atoms with Crippen LogP contribution in [0.25, 0.3) is 0 Å². The average molecular weight is 312 g/mol. The van der Waals surface area contributed by atoms with Crippen molar-refractivity contribution in [1.29, 1.82) is 0 Å². The van der Waals surface area contributed by atoms with E-state index in [2.05, 4.69) is 0 Å². The van der Waals surface area contributed by atoms with Gasteiger partial charge in [0.05, 0.1) is 18.2 Å². The molecule has 0 unspecified atom stereocenters. The van der Waals surface area contributed by atoms with Gasteiger partial charge in [-0.2, -0.15) is 0 Å². The van der Waals surface area contributed by atoms with E-state index in [0.29, 0.717) is 5.02 Å². The predicted octanol–water partition coefficient (Wildman–Crippen LogP) is 3.86. The predicted molar refractivity (Wildman–Crippen MR) is 82.6 cm³/mol. The van der Waals surface area contributed by atoms with Gasteiger partial charge in [0.1, 0.15) is 0 Å². The Balaban J connectivity index is 2.50. The van der Waals surface area contributed by atoms with Gasteiger partial charge in [-0.25, -0.2) is 4.79 Å². The van der Waals surface area contributed by atoms with Crippen LogP contribution in [0.1, 0.15) is 44.6 Å². The van der Waals surface area contributed by atoms with Gasteiger partial charge < -0.3 is 10.2 Å². The molecule has 0 saturated heterocycles. The minimum Gasteiger partial charge on any atom is -0.465 e. The Morgan fingerprint density at radius 3 is 2.48 bits per heavy atom. The van der Waals surface area contributed by atoms with Gasteiger partial charge in [-0.1, -0.05) is 49.1 Å². The van der Waals surface area contributed by atoms with E-state index in [1.165, 1.54) is 4.90 Å². The molecule has 1 aromatic carbocycles. The maximum atomic E-state index is 11.8. The van der Waals surface area contributed by atoms with Crippen molar-refractivity contribution in [3.63, 3.8) is 0 Å². The molecule has 2 rings (SSSR count). The Labute approximate surface area is 130 Å². The van der Waals surface area contributed by atoms with Gasteiger partial charge in [0.15, 0.2) is 0 Å². The number of hydrogen-bond acceptors (Lipinski definition) is 2. The van der Waals surface area contributed by atoms with Gasteiger partial charge in [-0.15, -0.1) is 0 Å². The Morgan fingerprint density at radius 2 is 1.95 bits per heavy atom. The molecule has 0 bridgehead atoms. The Kier molecular flexibility index (Phi) is 5.12. The molecule has 0 radical (unpaired) electrons. The van der Waals surface area contributed by atoms with Crippen LogP contribution < -0.4 is 0 Å². The Bertz CT molecular complexity index is 498. The van der Waals surface area contributed by atoms with Crippen LogP contribution in [0.4, 0.5) is 4.79 Å². The van der Waals surface area contributed by atoms with Crippen LogP contribution in [-0.2, 0) is 5.54 Å². The van der Waals surface area contributed by atoms with E-state index in [-0.39, 0.29) is 6.54 Å². The second kappa shape index (κ2) is 6.67. The molecule has 2 N–H and O–H groups in total. The number of carboxylic acid groups (broad SMARTS) is 1.